The van der Waals surface area contributed by atoms with E-state index in [9.17, 15) is 36.6 Å². The molecule has 0 unspecified atom stereocenters. The Morgan fingerprint density at radius 2 is 1.02 bits per heavy atom. The van der Waals surface area contributed by atoms with Crippen molar-refractivity contribution in [3.05, 3.63) is 81.6 Å². The summed E-state index contributed by atoms with van der Waals surface area (Å²) in [6.45, 7) is 2.11. The minimum Gasteiger partial charge on any atom is -0.504 e. The van der Waals surface area contributed by atoms with Crippen molar-refractivity contribution < 1.29 is 45.5 Å². The van der Waals surface area contributed by atoms with Crippen LogP contribution >= 0.6 is 23.2 Å². The van der Waals surface area contributed by atoms with Gasteiger partial charge in [-0.25, -0.2) is 26.4 Å². The van der Waals surface area contributed by atoms with Crippen LogP contribution in [0.3, 0.4) is 0 Å². The van der Waals surface area contributed by atoms with E-state index in [-0.39, 0.29) is 58.1 Å². The molecule has 2 aromatic heterocycles. The van der Waals surface area contributed by atoms with Crippen molar-refractivity contribution in [2.24, 2.45) is 0 Å². The minimum atomic E-state index is -3.87. The molecule has 4 heterocycles. The molecule has 4 aliphatic rings. The predicted octanol–water partition coefficient (Wildman–Crippen LogP) is 8.00. The van der Waals surface area contributed by atoms with Crippen molar-refractivity contribution in [1.82, 2.24) is 21.3 Å². The number of carbonyl (C=O) groups excluding carboxylic acids is 2. The van der Waals surface area contributed by atoms with E-state index in [2.05, 4.69) is 31.9 Å². The number of aromatic hydroxyl groups is 2. The van der Waals surface area contributed by atoms with E-state index in [1.165, 1.54) is 24.3 Å². The monoisotopic (exact) mass is 938 g/mol. The highest BCUT2D eigenvalue weighted by Gasteiger charge is 2.36. The van der Waals surface area contributed by atoms with Crippen LogP contribution in [-0.2, 0) is 32.5 Å². The molecule has 62 heavy (non-hydrogen) atoms. The number of halogens is 2. The summed E-state index contributed by atoms with van der Waals surface area (Å²) in [5, 5.41) is 36.8. The zero-order chi connectivity index (χ0) is 42.6. The van der Waals surface area contributed by atoms with Crippen LogP contribution in [0.15, 0.2) is 67.5 Å². The molecule has 2 aliphatic carbocycles. The number of piperidine rings is 2. The number of sulfone groups is 2. The second kappa shape index (κ2) is 20.8. The molecule has 340 valence electrons. The normalized spacial score (nSPS) is 20.9. The Labute approximate surface area is 372 Å². The summed E-state index contributed by atoms with van der Waals surface area (Å²) in [5.41, 5.74) is 1.85. The molecule has 2 aliphatic heterocycles. The molecule has 2 saturated heterocycles. The third-order valence-electron chi connectivity index (χ3n) is 11.3. The highest BCUT2D eigenvalue weighted by Crippen LogP contribution is 2.41. The van der Waals surface area contributed by atoms with Gasteiger partial charge in [0.05, 0.1) is 56.5 Å². The number of benzene rings is 2. The number of urea groups is 2. The van der Waals surface area contributed by atoms with E-state index in [0.29, 0.717) is 25.9 Å². The van der Waals surface area contributed by atoms with E-state index in [1.54, 1.807) is 12.5 Å². The van der Waals surface area contributed by atoms with E-state index < -0.39 is 53.7 Å². The van der Waals surface area contributed by atoms with Gasteiger partial charge in [0.1, 0.15) is 21.3 Å². The Kier molecular flexibility index (Phi) is 16.3. The first-order chi connectivity index (χ1) is 28.8. The predicted molar refractivity (Wildman–Crippen MR) is 239 cm³/mol. The van der Waals surface area contributed by atoms with Crippen LogP contribution in [-0.4, -0.2) is 75.8 Å². The van der Waals surface area contributed by atoms with E-state index >= 15 is 0 Å². The number of fused-ring (bicyclic) bond motifs is 2. The van der Waals surface area contributed by atoms with Gasteiger partial charge in [-0.1, -0.05) is 38.1 Å². The Balaban J connectivity index is 0.000000227. The second-order valence-electron chi connectivity index (χ2n) is 15.3. The summed E-state index contributed by atoms with van der Waals surface area (Å²) in [5.74, 6) is 0.623. The van der Waals surface area contributed by atoms with Gasteiger partial charge < -0.3 is 50.9 Å². The molecule has 8 N–H and O–H groups in total. The van der Waals surface area contributed by atoms with Gasteiger partial charge in [0.2, 0.25) is 0 Å². The van der Waals surface area contributed by atoms with Crippen molar-refractivity contribution in [2.45, 2.75) is 111 Å². The molecular weight excluding hydrogens is 884 g/mol. The van der Waals surface area contributed by atoms with Crippen molar-refractivity contribution in [3.63, 3.8) is 0 Å². The largest absolute Gasteiger partial charge is 0.504 e. The van der Waals surface area contributed by atoms with Gasteiger partial charge in [-0.2, -0.15) is 0 Å². The number of aryl methyl sites for hydroxylation is 2. The summed E-state index contributed by atoms with van der Waals surface area (Å²) >= 11 is 12.3. The van der Waals surface area contributed by atoms with Crippen LogP contribution in [0.2, 0.25) is 10.0 Å². The summed E-state index contributed by atoms with van der Waals surface area (Å²) in [4.78, 5) is 24.4. The highest BCUT2D eigenvalue weighted by molar-refractivity contribution is 7.92. The number of carbonyl (C=O) groups is 2. The zero-order valence-corrected chi connectivity index (χ0v) is 35.7. The third kappa shape index (κ3) is 10.5. The SMILES string of the molecule is C.C.O=C(Nc1ccc(Cl)c(S(=O)(=O)[C@H]2CCCNC2)c1O)N[C@@H]1CCCc2occc21.O=C(Nc1ccc(Cl)c(S(=O)(=O)[C@H]2CCCNC2)c1O)N[C@H]1CCCc2occc21. The maximum absolute atomic E-state index is 13.1. The number of amides is 4. The molecule has 20 heteroatoms. The van der Waals surface area contributed by atoms with E-state index in [4.69, 9.17) is 32.0 Å². The Bertz CT molecular complexity index is 2260. The lowest BCUT2D eigenvalue weighted by molar-refractivity contribution is 0.245. The Morgan fingerprint density at radius 1 is 0.613 bits per heavy atom. The van der Waals surface area contributed by atoms with Crippen LogP contribution in [0, 0.1) is 0 Å². The van der Waals surface area contributed by atoms with E-state index in [1.807, 2.05) is 12.1 Å². The first-order valence-corrected chi connectivity index (χ1v) is 23.8. The maximum atomic E-state index is 13.1. The Morgan fingerprint density at radius 3 is 1.39 bits per heavy atom. The van der Waals surface area contributed by atoms with E-state index in [0.717, 1.165) is 87.1 Å². The average Bonchev–Trinajstić information content (AvgIpc) is 3.93. The molecule has 0 bridgehead atoms. The van der Waals surface area contributed by atoms with Gasteiger partial charge in [0.25, 0.3) is 0 Å². The zero-order valence-electron chi connectivity index (χ0n) is 32.6. The number of nitrogens with one attached hydrogen (secondary N) is 6. The molecule has 4 atom stereocenters. The van der Waals surface area contributed by atoms with Crippen LogP contribution in [0.1, 0.15) is 101 Å². The quantitative estimate of drug-likeness (QED) is 0.0784. The van der Waals surface area contributed by atoms with Crippen LogP contribution < -0.4 is 31.9 Å². The molecule has 0 saturated carbocycles. The van der Waals surface area contributed by atoms with Gasteiger partial charge >= 0.3 is 12.1 Å². The number of phenols is 2. The highest BCUT2D eigenvalue weighted by atomic mass is 35.5. The molecular formula is C42H56Cl2N6O10S2. The smallest absolute Gasteiger partial charge is 0.319 e. The molecule has 0 spiro atoms. The number of furan rings is 2. The van der Waals surface area contributed by atoms with Crippen molar-refractivity contribution in [2.75, 3.05) is 36.8 Å². The van der Waals surface area contributed by atoms with Gasteiger partial charge in [0.15, 0.2) is 31.2 Å². The lowest BCUT2D eigenvalue weighted by Gasteiger charge is -2.25. The first kappa shape index (κ1) is 48.6. The fourth-order valence-electron chi connectivity index (χ4n) is 8.24. The number of hydrogen-bond acceptors (Lipinski definition) is 12. The topological polar surface area (TPSA) is 241 Å². The van der Waals surface area contributed by atoms with Crippen molar-refractivity contribution in [1.29, 1.82) is 0 Å². The Hall–Kier alpha value is -4.46. The van der Waals surface area contributed by atoms with Crippen LogP contribution in [0.25, 0.3) is 0 Å². The number of hydrogen-bond donors (Lipinski definition) is 8. The second-order valence-corrected chi connectivity index (χ2v) is 20.4. The summed E-state index contributed by atoms with van der Waals surface area (Å²) in [6.07, 6.45) is 10.6. The number of phenolic OH excluding ortho intramolecular Hbond substituents is 2. The standard InChI is InChI=1S/2C20H24ClN3O5S.2CH4/c2*21-14-6-7-16(18(25)19(14)30(27,28)12-3-2-9-22-11-12)24-20(26)23-15-4-1-5-17-13(15)8-10-29-17;;/h2*6-8,10,12,15,22,25H,1-5,9,11H2,(H2,23,24,26);2*1H4/t12-,15+;12-,15-;;/m00../s1. The molecule has 4 amide bonds. The molecule has 8 rings (SSSR count). The van der Waals surface area contributed by atoms with Gasteiger partial charge in [0, 0.05) is 37.1 Å². The van der Waals surface area contributed by atoms with Gasteiger partial charge in [-0.3, -0.25) is 0 Å². The third-order valence-corrected chi connectivity index (χ3v) is 16.7. The van der Waals surface area contributed by atoms with Crippen LogP contribution in [0.4, 0.5) is 21.0 Å². The lowest BCUT2D eigenvalue weighted by Crippen LogP contribution is -2.39. The van der Waals surface area contributed by atoms with Crippen LogP contribution in [0.5, 0.6) is 11.5 Å². The average molecular weight is 940 g/mol. The van der Waals surface area contributed by atoms with Crippen molar-refractivity contribution >= 4 is 66.3 Å². The lowest BCUT2D eigenvalue weighted by atomic mass is 9.93. The molecule has 4 aromatic rings. The van der Waals surface area contributed by atoms with Gasteiger partial charge in [-0.15, -0.1) is 0 Å². The molecule has 2 fully saturated rings. The molecule has 2 aromatic carbocycles. The first-order valence-electron chi connectivity index (χ1n) is 20.0. The summed E-state index contributed by atoms with van der Waals surface area (Å²) < 4.78 is 63.1. The number of anilines is 2. The van der Waals surface area contributed by atoms with Gasteiger partial charge in [-0.05, 0) is 101 Å². The summed E-state index contributed by atoms with van der Waals surface area (Å²) in [7, 11) is -7.74. The van der Waals surface area contributed by atoms with Crippen molar-refractivity contribution in [3.8, 4) is 11.5 Å². The molecule has 0 radical (unpaired) electrons. The fraction of sp³-hybridized carbons (Fsp3) is 0.476. The molecule has 16 nitrogen and oxygen atoms in total. The number of rotatable bonds is 8. The summed E-state index contributed by atoms with van der Waals surface area (Å²) in [6, 6.07) is 7.67. The fourth-order valence-corrected chi connectivity index (χ4v) is 12.9. The maximum Gasteiger partial charge on any atom is 0.319 e. The minimum absolute atomic E-state index is 0.